The number of hydrogen-bond acceptors (Lipinski definition) is 2. The number of aryl methyl sites for hydroxylation is 1. The van der Waals surface area contributed by atoms with E-state index in [1.165, 1.54) is 37.8 Å². The summed E-state index contributed by atoms with van der Waals surface area (Å²) in [5.74, 6) is 0. The van der Waals surface area contributed by atoms with Crippen LogP contribution in [-0.4, -0.2) is 22.8 Å². The van der Waals surface area contributed by atoms with Gasteiger partial charge in [0.2, 0.25) is 0 Å². The summed E-state index contributed by atoms with van der Waals surface area (Å²) in [4.78, 5) is 0. The van der Waals surface area contributed by atoms with Gasteiger partial charge in [0, 0.05) is 43.5 Å². The van der Waals surface area contributed by atoms with Crippen LogP contribution in [0.15, 0.2) is 18.3 Å². The van der Waals surface area contributed by atoms with Gasteiger partial charge in [0.15, 0.2) is 0 Å². The molecule has 0 aliphatic heterocycles. The Morgan fingerprint density at radius 3 is 2.83 bits per heavy atom. The van der Waals surface area contributed by atoms with Crippen LogP contribution in [0.4, 0.5) is 0 Å². The Balaban J connectivity index is 1.82. The zero-order valence-corrected chi connectivity index (χ0v) is 11.5. The van der Waals surface area contributed by atoms with E-state index < -0.39 is 0 Å². The van der Waals surface area contributed by atoms with E-state index in [1.807, 2.05) is 0 Å². The quantitative estimate of drug-likeness (QED) is 0.780. The summed E-state index contributed by atoms with van der Waals surface area (Å²) in [6.07, 6.45) is 8.21. The van der Waals surface area contributed by atoms with E-state index in [-0.39, 0.29) is 5.41 Å². The minimum absolute atomic E-state index is 0.155. The van der Waals surface area contributed by atoms with Crippen molar-refractivity contribution in [2.45, 2.75) is 52.1 Å². The standard InChI is InChI=1S/C15H26N2O/c1-2-9-17-10-5-6-14(17)11-16-12-15(13-18)7-3-4-8-15/h5-6,10,16,18H,2-4,7-9,11-13H2,1H3. The van der Waals surface area contributed by atoms with Crippen molar-refractivity contribution in [3.63, 3.8) is 0 Å². The SMILES string of the molecule is CCCn1cccc1CNCC1(CO)CCCC1. The van der Waals surface area contributed by atoms with Gasteiger partial charge in [-0.05, 0) is 31.4 Å². The summed E-state index contributed by atoms with van der Waals surface area (Å²) in [6.45, 7) is 5.48. The molecule has 3 nitrogen and oxygen atoms in total. The molecule has 0 radical (unpaired) electrons. The molecule has 0 saturated heterocycles. The summed E-state index contributed by atoms with van der Waals surface area (Å²) in [7, 11) is 0. The third-order valence-electron chi connectivity index (χ3n) is 4.19. The molecule has 2 rings (SSSR count). The maximum Gasteiger partial charge on any atom is 0.0499 e. The van der Waals surface area contributed by atoms with Crippen LogP contribution >= 0.6 is 0 Å². The van der Waals surface area contributed by atoms with Crippen LogP contribution in [-0.2, 0) is 13.1 Å². The van der Waals surface area contributed by atoms with Gasteiger partial charge in [-0.2, -0.15) is 0 Å². The van der Waals surface area contributed by atoms with Gasteiger partial charge < -0.3 is 15.0 Å². The van der Waals surface area contributed by atoms with Crippen molar-refractivity contribution in [2.24, 2.45) is 5.41 Å². The highest BCUT2D eigenvalue weighted by atomic mass is 16.3. The lowest BCUT2D eigenvalue weighted by Gasteiger charge is -2.26. The van der Waals surface area contributed by atoms with Gasteiger partial charge in [0.25, 0.3) is 0 Å². The summed E-state index contributed by atoms with van der Waals surface area (Å²) in [5, 5.41) is 13.1. The Morgan fingerprint density at radius 2 is 2.17 bits per heavy atom. The van der Waals surface area contributed by atoms with Crippen molar-refractivity contribution >= 4 is 0 Å². The van der Waals surface area contributed by atoms with Gasteiger partial charge in [0.1, 0.15) is 0 Å². The van der Waals surface area contributed by atoms with Crippen LogP contribution in [0.1, 0.15) is 44.7 Å². The highest BCUT2D eigenvalue weighted by Gasteiger charge is 2.32. The molecule has 0 aromatic carbocycles. The molecule has 0 unspecified atom stereocenters. The van der Waals surface area contributed by atoms with E-state index in [0.29, 0.717) is 6.61 Å². The van der Waals surface area contributed by atoms with Gasteiger partial charge in [-0.3, -0.25) is 0 Å². The zero-order valence-electron chi connectivity index (χ0n) is 11.5. The first-order chi connectivity index (χ1) is 8.79. The molecular weight excluding hydrogens is 224 g/mol. The highest BCUT2D eigenvalue weighted by molar-refractivity contribution is 5.07. The smallest absolute Gasteiger partial charge is 0.0499 e. The zero-order chi connectivity index (χ0) is 12.8. The molecule has 3 heteroatoms. The molecule has 1 fully saturated rings. The Hall–Kier alpha value is -0.800. The second-order valence-electron chi connectivity index (χ2n) is 5.66. The first-order valence-electron chi connectivity index (χ1n) is 7.25. The number of nitrogens with zero attached hydrogens (tertiary/aromatic N) is 1. The van der Waals surface area contributed by atoms with E-state index in [1.54, 1.807) is 0 Å². The summed E-state index contributed by atoms with van der Waals surface area (Å²) in [6, 6.07) is 4.30. The molecule has 2 N–H and O–H groups in total. The Morgan fingerprint density at radius 1 is 1.39 bits per heavy atom. The summed E-state index contributed by atoms with van der Waals surface area (Å²) < 4.78 is 2.31. The second-order valence-corrected chi connectivity index (χ2v) is 5.66. The molecule has 1 aliphatic carbocycles. The van der Waals surface area contributed by atoms with Gasteiger partial charge in [-0.25, -0.2) is 0 Å². The van der Waals surface area contributed by atoms with Crippen molar-refractivity contribution in [1.82, 2.24) is 9.88 Å². The van der Waals surface area contributed by atoms with Crippen molar-refractivity contribution in [3.05, 3.63) is 24.0 Å². The predicted octanol–water partition coefficient (Wildman–Crippen LogP) is 2.54. The lowest BCUT2D eigenvalue weighted by Crippen LogP contribution is -2.35. The Labute approximate surface area is 110 Å². The van der Waals surface area contributed by atoms with Crippen LogP contribution in [0, 0.1) is 5.41 Å². The van der Waals surface area contributed by atoms with Crippen LogP contribution in [0.25, 0.3) is 0 Å². The second kappa shape index (κ2) is 6.39. The number of hydrogen-bond donors (Lipinski definition) is 2. The molecular formula is C15H26N2O. The fourth-order valence-corrected chi connectivity index (χ4v) is 3.04. The molecule has 1 aromatic rings. The predicted molar refractivity (Wildman–Crippen MR) is 74.4 cm³/mol. The highest BCUT2D eigenvalue weighted by Crippen LogP contribution is 2.36. The summed E-state index contributed by atoms with van der Waals surface area (Å²) >= 11 is 0. The molecule has 0 amide bonds. The van der Waals surface area contributed by atoms with Crippen molar-refractivity contribution < 1.29 is 5.11 Å². The van der Waals surface area contributed by atoms with E-state index in [0.717, 1.165) is 19.6 Å². The van der Waals surface area contributed by atoms with Gasteiger partial charge in [0.05, 0.1) is 0 Å². The first-order valence-corrected chi connectivity index (χ1v) is 7.25. The molecule has 18 heavy (non-hydrogen) atoms. The average molecular weight is 250 g/mol. The molecule has 1 saturated carbocycles. The molecule has 0 bridgehead atoms. The first kappa shape index (κ1) is 13.6. The number of nitrogens with one attached hydrogen (secondary N) is 1. The van der Waals surface area contributed by atoms with E-state index >= 15 is 0 Å². The normalized spacial score (nSPS) is 18.3. The van der Waals surface area contributed by atoms with Crippen molar-refractivity contribution in [2.75, 3.05) is 13.2 Å². The fraction of sp³-hybridized carbons (Fsp3) is 0.733. The van der Waals surface area contributed by atoms with Crippen LogP contribution < -0.4 is 5.32 Å². The molecule has 1 heterocycles. The van der Waals surface area contributed by atoms with Crippen LogP contribution in [0.5, 0.6) is 0 Å². The van der Waals surface area contributed by atoms with E-state index in [9.17, 15) is 5.11 Å². The summed E-state index contributed by atoms with van der Waals surface area (Å²) in [5.41, 5.74) is 1.50. The topological polar surface area (TPSA) is 37.2 Å². The van der Waals surface area contributed by atoms with Gasteiger partial charge >= 0.3 is 0 Å². The number of aromatic nitrogens is 1. The number of aliphatic hydroxyl groups is 1. The molecule has 1 aliphatic rings. The molecule has 0 atom stereocenters. The van der Waals surface area contributed by atoms with Crippen LogP contribution in [0.3, 0.4) is 0 Å². The van der Waals surface area contributed by atoms with Gasteiger partial charge in [-0.1, -0.05) is 19.8 Å². The number of rotatable bonds is 7. The van der Waals surface area contributed by atoms with Crippen molar-refractivity contribution in [1.29, 1.82) is 0 Å². The van der Waals surface area contributed by atoms with Gasteiger partial charge in [-0.15, -0.1) is 0 Å². The Kier molecular flexibility index (Phi) is 4.84. The monoisotopic (exact) mass is 250 g/mol. The molecule has 102 valence electrons. The Bertz CT molecular complexity index is 353. The number of aliphatic hydroxyl groups excluding tert-OH is 1. The minimum atomic E-state index is 0.155. The minimum Gasteiger partial charge on any atom is -0.396 e. The maximum atomic E-state index is 9.57. The van der Waals surface area contributed by atoms with E-state index in [4.69, 9.17) is 0 Å². The lowest BCUT2D eigenvalue weighted by molar-refractivity contribution is 0.128. The fourth-order valence-electron chi connectivity index (χ4n) is 3.04. The largest absolute Gasteiger partial charge is 0.396 e. The lowest BCUT2D eigenvalue weighted by atomic mass is 9.87. The third kappa shape index (κ3) is 3.15. The molecule has 0 spiro atoms. The average Bonchev–Trinajstić information content (AvgIpc) is 3.01. The van der Waals surface area contributed by atoms with E-state index in [2.05, 4.69) is 35.1 Å². The van der Waals surface area contributed by atoms with Crippen LogP contribution in [0.2, 0.25) is 0 Å². The third-order valence-corrected chi connectivity index (χ3v) is 4.19. The van der Waals surface area contributed by atoms with Crippen molar-refractivity contribution in [3.8, 4) is 0 Å². The maximum absolute atomic E-state index is 9.57. The molecule has 1 aromatic heterocycles.